The molecular formula is C16H19N5O2S. The molecule has 0 aliphatic heterocycles. The Bertz CT molecular complexity index is 770. The molecule has 1 aromatic heterocycles. The zero-order chi connectivity index (χ0) is 17.1. The molecule has 1 aliphatic rings. The van der Waals surface area contributed by atoms with Crippen LogP contribution >= 0.6 is 11.8 Å². The topological polar surface area (TPSA) is 88.9 Å². The smallest absolute Gasteiger partial charge is 0.253 e. The van der Waals surface area contributed by atoms with Gasteiger partial charge in [-0.2, -0.15) is 0 Å². The summed E-state index contributed by atoms with van der Waals surface area (Å²) in [6.45, 7) is 1.85. The van der Waals surface area contributed by atoms with Crippen molar-refractivity contribution in [2.75, 3.05) is 11.1 Å². The number of carbonyl (C=O) groups excluding carboxylic acids is 2. The van der Waals surface area contributed by atoms with E-state index in [0.717, 1.165) is 18.7 Å². The second-order valence-electron chi connectivity index (χ2n) is 5.72. The van der Waals surface area contributed by atoms with Gasteiger partial charge in [-0.3, -0.25) is 9.59 Å². The third-order valence-corrected chi connectivity index (χ3v) is 4.76. The molecule has 1 aromatic carbocycles. The number of para-hydroxylation sites is 1. The van der Waals surface area contributed by atoms with E-state index >= 15 is 0 Å². The number of anilines is 1. The van der Waals surface area contributed by atoms with Gasteiger partial charge in [-0.05, 0) is 31.9 Å². The number of thioether (sulfide) groups is 1. The Balaban J connectivity index is 1.61. The largest absolute Gasteiger partial charge is 0.349 e. The van der Waals surface area contributed by atoms with Crippen molar-refractivity contribution in [2.45, 2.75) is 31.0 Å². The predicted octanol–water partition coefficient (Wildman–Crippen LogP) is 1.75. The van der Waals surface area contributed by atoms with Crippen LogP contribution in [0.2, 0.25) is 0 Å². The minimum atomic E-state index is -0.188. The Morgan fingerprint density at radius 2 is 2.04 bits per heavy atom. The van der Waals surface area contributed by atoms with Crippen LogP contribution in [0, 0.1) is 6.92 Å². The molecule has 1 heterocycles. The molecule has 0 spiro atoms. The quantitative estimate of drug-likeness (QED) is 0.779. The lowest BCUT2D eigenvalue weighted by atomic mass is 10.1. The molecule has 0 radical (unpaired) electrons. The Hall–Kier alpha value is -2.35. The number of aromatic nitrogens is 3. The van der Waals surface area contributed by atoms with Crippen molar-refractivity contribution in [3.63, 3.8) is 0 Å². The van der Waals surface area contributed by atoms with Crippen LogP contribution in [0.4, 0.5) is 5.69 Å². The first-order chi connectivity index (χ1) is 11.5. The molecule has 1 saturated carbocycles. The highest BCUT2D eigenvalue weighted by Crippen LogP contribution is 2.22. The maximum atomic E-state index is 12.2. The lowest BCUT2D eigenvalue weighted by molar-refractivity contribution is -0.113. The number of rotatable bonds is 6. The van der Waals surface area contributed by atoms with Crippen molar-refractivity contribution in [1.29, 1.82) is 0 Å². The van der Waals surface area contributed by atoms with Crippen LogP contribution in [0.15, 0.2) is 29.4 Å². The Labute approximate surface area is 144 Å². The summed E-state index contributed by atoms with van der Waals surface area (Å²) in [7, 11) is 1.85. The van der Waals surface area contributed by atoms with E-state index in [-0.39, 0.29) is 23.6 Å². The lowest BCUT2D eigenvalue weighted by Crippen LogP contribution is -2.27. The average Bonchev–Trinajstić information content (AvgIpc) is 3.32. The molecule has 2 N–H and O–H groups in total. The number of hydrogen-bond donors (Lipinski definition) is 2. The fourth-order valence-corrected chi connectivity index (χ4v) is 2.87. The van der Waals surface area contributed by atoms with Crippen LogP contribution in [0.25, 0.3) is 0 Å². The maximum absolute atomic E-state index is 12.2. The zero-order valence-electron chi connectivity index (χ0n) is 13.6. The van der Waals surface area contributed by atoms with Crippen molar-refractivity contribution in [3.8, 4) is 0 Å². The number of amides is 2. The van der Waals surface area contributed by atoms with Crippen molar-refractivity contribution < 1.29 is 9.59 Å². The standard InChI is InChI=1S/C16H19N5O2S/c1-10-19-20-16(21(10)2)24-9-14(22)18-13-6-4-3-5-12(13)15(23)17-11-7-8-11/h3-6,11H,7-9H2,1-2H3,(H,17,23)(H,18,22). The van der Waals surface area contributed by atoms with Gasteiger partial charge in [0.25, 0.3) is 5.91 Å². The first kappa shape index (κ1) is 16.5. The van der Waals surface area contributed by atoms with Crippen molar-refractivity contribution in [1.82, 2.24) is 20.1 Å². The molecule has 0 bridgehead atoms. The highest BCUT2D eigenvalue weighted by atomic mass is 32.2. The van der Waals surface area contributed by atoms with Crippen LogP contribution in [0.5, 0.6) is 0 Å². The molecule has 126 valence electrons. The molecule has 3 rings (SSSR count). The van der Waals surface area contributed by atoms with Gasteiger partial charge in [0.15, 0.2) is 5.16 Å². The Morgan fingerprint density at radius 1 is 1.29 bits per heavy atom. The van der Waals surface area contributed by atoms with Gasteiger partial charge in [0.05, 0.1) is 17.0 Å². The molecular weight excluding hydrogens is 326 g/mol. The average molecular weight is 345 g/mol. The van der Waals surface area contributed by atoms with E-state index in [4.69, 9.17) is 0 Å². The summed E-state index contributed by atoms with van der Waals surface area (Å²) >= 11 is 1.31. The van der Waals surface area contributed by atoms with Gasteiger partial charge in [-0.25, -0.2) is 0 Å². The van der Waals surface area contributed by atoms with Crippen LogP contribution in [-0.4, -0.2) is 38.4 Å². The number of hydrogen-bond acceptors (Lipinski definition) is 5. The summed E-state index contributed by atoms with van der Waals surface area (Å²) in [5.41, 5.74) is 1.01. The van der Waals surface area contributed by atoms with Crippen LogP contribution < -0.4 is 10.6 Å². The molecule has 0 saturated heterocycles. The number of aryl methyl sites for hydroxylation is 1. The van der Waals surface area contributed by atoms with Gasteiger partial charge < -0.3 is 15.2 Å². The minimum Gasteiger partial charge on any atom is -0.349 e. The Morgan fingerprint density at radius 3 is 2.71 bits per heavy atom. The number of nitrogens with one attached hydrogen (secondary N) is 2. The molecule has 7 nitrogen and oxygen atoms in total. The predicted molar refractivity (Wildman–Crippen MR) is 92.0 cm³/mol. The first-order valence-electron chi connectivity index (χ1n) is 7.73. The summed E-state index contributed by atoms with van der Waals surface area (Å²) in [5.74, 6) is 0.655. The summed E-state index contributed by atoms with van der Waals surface area (Å²) < 4.78 is 1.83. The molecule has 2 aromatic rings. The normalized spacial score (nSPS) is 13.6. The number of nitrogens with zero attached hydrogens (tertiary/aromatic N) is 3. The number of benzene rings is 1. The third-order valence-electron chi connectivity index (χ3n) is 3.74. The molecule has 1 aliphatic carbocycles. The van der Waals surface area contributed by atoms with E-state index in [1.807, 2.05) is 18.5 Å². The van der Waals surface area contributed by atoms with Crippen molar-refractivity contribution >= 4 is 29.3 Å². The fraction of sp³-hybridized carbons (Fsp3) is 0.375. The van der Waals surface area contributed by atoms with Crippen LogP contribution in [0.3, 0.4) is 0 Å². The van der Waals surface area contributed by atoms with E-state index < -0.39 is 0 Å². The maximum Gasteiger partial charge on any atom is 0.253 e. The second kappa shape index (κ2) is 7.04. The van der Waals surface area contributed by atoms with Gasteiger partial charge in [0.2, 0.25) is 5.91 Å². The van der Waals surface area contributed by atoms with E-state index in [9.17, 15) is 9.59 Å². The lowest BCUT2D eigenvalue weighted by Gasteiger charge is -2.11. The Kier molecular flexibility index (Phi) is 4.84. The monoisotopic (exact) mass is 345 g/mol. The van der Waals surface area contributed by atoms with Crippen molar-refractivity contribution in [2.24, 2.45) is 7.05 Å². The summed E-state index contributed by atoms with van der Waals surface area (Å²) in [5, 5.41) is 14.4. The SMILES string of the molecule is Cc1nnc(SCC(=O)Nc2ccccc2C(=O)NC2CC2)n1C. The summed E-state index contributed by atoms with van der Waals surface area (Å²) in [6.07, 6.45) is 2.04. The van der Waals surface area contributed by atoms with Gasteiger partial charge >= 0.3 is 0 Å². The van der Waals surface area contributed by atoms with E-state index in [2.05, 4.69) is 20.8 Å². The molecule has 1 fully saturated rings. The van der Waals surface area contributed by atoms with Crippen LogP contribution in [0.1, 0.15) is 29.0 Å². The van der Waals surface area contributed by atoms with Crippen LogP contribution in [-0.2, 0) is 11.8 Å². The highest BCUT2D eigenvalue weighted by molar-refractivity contribution is 7.99. The molecule has 8 heteroatoms. The zero-order valence-corrected chi connectivity index (χ0v) is 14.4. The second-order valence-corrected chi connectivity index (χ2v) is 6.66. The van der Waals surface area contributed by atoms with E-state index in [1.165, 1.54) is 11.8 Å². The van der Waals surface area contributed by atoms with Gasteiger partial charge in [-0.15, -0.1) is 10.2 Å². The van der Waals surface area contributed by atoms with Crippen molar-refractivity contribution in [3.05, 3.63) is 35.7 Å². The molecule has 24 heavy (non-hydrogen) atoms. The molecule has 0 atom stereocenters. The first-order valence-corrected chi connectivity index (χ1v) is 8.71. The number of carbonyl (C=O) groups is 2. The summed E-state index contributed by atoms with van der Waals surface area (Å²) in [4.78, 5) is 24.4. The molecule has 0 unspecified atom stereocenters. The fourth-order valence-electron chi connectivity index (χ4n) is 2.11. The third kappa shape index (κ3) is 3.94. The van der Waals surface area contributed by atoms with Gasteiger partial charge in [0.1, 0.15) is 5.82 Å². The van der Waals surface area contributed by atoms with E-state index in [1.54, 1.807) is 24.3 Å². The highest BCUT2D eigenvalue weighted by Gasteiger charge is 2.25. The molecule has 2 amide bonds. The minimum absolute atomic E-state index is 0.148. The summed E-state index contributed by atoms with van der Waals surface area (Å²) in [6, 6.07) is 7.30. The van der Waals surface area contributed by atoms with Gasteiger partial charge in [0, 0.05) is 13.1 Å². The van der Waals surface area contributed by atoms with Gasteiger partial charge in [-0.1, -0.05) is 23.9 Å². The van der Waals surface area contributed by atoms with E-state index in [0.29, 0.717) is 16.4 Å².